The molecular weight excluding hydrogens is 146 g/mol. The van der Waals surface area contributed by atoms with Gasteiger partial charge in [-0.3, -0.25) is 5.41 Å². The standard InChI is InChI=1S/C6H15N3S/c1-6(2,9)3-4-10-5(7)8/h3-4,9H2,1-2H3,(H3,7,8). The molecule has 4 heteroatoms. The van der Waals surface area contributed by atoms with E-state index in [4.69, 9.17) is 16.9 Å². The zero-order chi connectivity index (χ0) is 8.20. The molecule has 0 aromatic rings. The molecule has 60 valence electrons. The molecule has 0 aromatic heterocycles. The Bertz CT molecular complexity index is 117. The number of nitrogens with two attached hydrogens (primary N) is 2. The van der Waals surface area contributed by atoms with Crippen molar-refractivity contribution in [1.29, 1.82) is 5.41 Å². The molecule has 5 N–H and O–H groups in total. The van der Waals surface area contributed by atoms with Gasteiger partial charge < -0.3 is 11.5 Å². The van der Waals surface area contributed by atoms with Gasteiger partial charge in [0, 0.05) is 11.3 Å². The second-order valence-electron chi connectivity index (χ2n) is 2.95. The number of amidine groups is 1. The fraction of sp³-hybridized carbons (Fsp3) is 0.833. The SMILES string of the molecule is CC(C)(N)CCSC(=N)N. The summed E-state index contributed by atoms with van der Waals surface area (Å²) in [5.74, 6) is 0.832. The molecule has 3 nitrogen and oxygen atoms in total. The quantitative estimate of drug-likeness (QED) is 0.422. The van der Waals surface area contributed by atoms with Gasteiger partial charge in [-0.25, -0.2) is 0 Å². The summed E-state index contributed by atoms with van der Waals surface area (Å²) in [5, 5.41) is 7.07. The van der Waals surface area contributed by atoms with Gasteiger partial charge in [-0.1, -0.05) is 11.8 Å². The minimum Gasteiger partial charge on any atom is -0.379 e. The third-order valence-electron chi connectivity index (χ3n) is 1.00. The lowest BCUT2D eigenvalue weighted by Gasteiger charge is -2.16. The summed E-state index contributed by atoms with van der Waals surface area (Å²) in [7, 11) is 0. The Labute approximate surface area is 66.1 Å². The van der Waals surface area contributed by atoms with E-state index in [1.165, 1.54) is 11.8 Å². The average Bonchev–Trinajstić information content (AvgIpc) is 1.59. The largest absolute Gasteiger partial charge is 0.379 e. The zero-order valence-corrected chi connectivity index (χ0v) is 7.29. The summed E-state index contributed by atoms with van der Waals surface area (Å²) >= 11 is 1.34. The van der Waals surface area contributed by atoms with E-state index in [9.17, 15) is 0 Å². The molecule has 0 aliphatic heterocycles. The molecule has 0 aliphatic rings. The molecule has 0 atom stereocenters. The van der Waals surface area contributed by atoms with Gasteiger partial charge in [0.1, 0.15) is 0 Å². The molecule has 0 rings (SSSR count). The van der Waals surface area contributed by atoms with Crippen LogP contribution in [0.4, 0.5) is 0 Å². The maximum absolute atomic E-state index is 6.90. The van der Waals surface area contributed by atoms with Crippen LogP contribution in [0.25, 0.3) is 0 Å². The van der Waals surface area contributed by atoms with Crippen LogP contribution in [-0.2, 0) is 0 Å². The average molecular weight is 161 g/mol. The highest BCUT2D eigenvalue weighted by molar-refractivity contribution is 8.13. The molecule has 0 spiro atoms. The van der Waals surface area contributed by atoms with Crippen molar-refractivity contribution in [1.82, 2.24) is 0 Å². The minimum atomic E-state index is -0.136. The van der Waals surface area contributed by atoms with Crippen LogP contribution in [0, 0.1) is 5.41 Å². The lowest BCUT2D eigenvalue weighted by atomic mass is 10.0. The molecule has 0 fully saturated rings. The van der Waals surface area contributed by atoms with E-state index in [1.807, 2.05) is 13.8 Å². The van der Waals surface area contributed by atoms with Crippen LogP contribution in [-0.4, -0.2) is 16.5 Å². The topological polar surface area (TPSA) is 75.9 Å². The molecule has 0 bridgehead atoms. The van der Waals surface area contributed by atoms with Gasteiger partial charge in [0.05, 0.1) is 0 Å². The second-order valence-corrected chi connectivity index (χ2v) is 4.09. The van der Waals surface area contributed by atoms with Crippen molar-refractivity contribution in [2.45, 2.75) is 25.8 Å². The predicted octanol–water partition coefficient (Wildman–Crippen LogP) is 0.740. The second kappa shape index (κ2) is 3.83. The molecule has 0 radical (unpaired) electrons. The Morgan fingerprint density at radius 1 is 1.60 bits per heavy atom. The number of hydrogen-bond acceptors (Lipinski definition) is 3. The lowest BCUT2D eigenvalue weighted by Crippen LogP contribution is -2.32. The maximum atomic E-state index is 6.90. The van der Waals surface area contributed by atoms with Crippen molar-refractivity contribution in [3.63, 3.8) is 0 Å². The normalized spacial score (nSPS) is 11.5. The van der Waals surface area contributed by atoms with Crippen LogP contribution >= 0.6 is 11.8 Å². The summed E-state index contributed by atoms with van der Waals surface area (Å²) < 4.78 is 0. The Morgan fingerprint density at radius 2 is 2.10 bits per heavy atom. The van der Waals surface area contributed by atoms with Crippen LogP contribution in [0.1, 0.15) is 20.3 Å². The fourth-order valence-electron chi connectivity index (χ4n) is 0.424. The summed E-state index contributed by atoms with van der Waals surface area (Å²) in [6.07, 6.45) is 0.886. The van der Waals surface area contributed by atoms with Crippen molar-refractivity contribution in [3.05, 3.63) is 0 Å². The van der Waals surface area contributed by atoms with E-state index in [-0.39, 0.29) is 10.7 Å². The van der Waals surface area contributed by atoms with Gasteiger partial charge >= 0.3 is 0 Å². The Kier molecular flexibility index (Phi) is 3.75. The Hall–Kier alpha value is -0.220. The van der Waals surface area contributed by atoms with E-state index in [2.05, 4.69) is 0 Å². The molecular formula is C6H15N3S. The van der Waals surface area contributed by atoms with Crippen LogP contribution < -0.4 is 11.5 Å². The van der Waals surface area contributed by atoms with Gasteiger partial charge in [0.2, 0.25) is 0 Å². The monoisotopic (exact) mass is 161 g/mol. The molecule has 0 heterocycles. The minimum absolute atomic E-state index is 0.136. The first-order valence-electron chi connectivity index (χ1n) is 3.17. The van der Waals surface area contributed by atoms with Crippen LogP contribution in [0.2, 0.25) is 0 Å². The van der Waals surface area contributed by atoms with E-state index >= 15 is 0 Å². The van der Waals surface area contributed by atoms with Gasteiger partial charge in [-0.05, 0) is 20.3 Å². The van der Waals surface area contributed by atoms with Gasteiger partial charge in [-0.15, -0.1) is 0 Å². The third kappa shape index (κ3) is 7.78. The van der Waals surface area contributed by atoms with E-state index in [0.717, 1.165) is 12.2 Å². The maximum Gasteiger partial charge on any atom is 0.151 e. The smallest absolute Gasteiger partial charge is 0.151 e. The molecule has 0 amide bonds. The highest BCUT2D eigenvalue weighted by Crippen LogP contribution is 2.09. The highest BCUT2D eigenvalue weighted by atomic mass is 32.2. The number of hydrogen-bond donors (Lipinski definition) is 3. The molecule has 0 aromatic carbocycles. The number of thioether (sulfide) groups is 1. The van der Waals surface area contributed by atoms with Crippen LogP contribution in [0.15, 0.2) is 0 Å². The van der Waals surface area contributed by atoms with Crippen molar-refractivity contribution in [2.24, 2.45) is 11.5 Å². The van der Waals surface area contributed by atoms with Gasteiger partial charge in [0.15, 0.2) is 5.17 Å². The molecule has 0 unspecified atom stereocenters. The molecule has 0 saturated heterocycles. The van der Waals surface area contributed by atoms with E-state index < -0.39 is 0 Å². The Balaban J connectivity index is 3.29. The summed E-state index contributed by atoms with van der Waals surface area (Å²) in [4.78, 5) is 0. The van der Waals surface area contributed by atoms with Crippen molar-refractivity contribution < 1.29 is 0 Å². The molecule has 10 heavy (non-hydrogen) atoms. The summed E-state index contributed by atoms with van der Waals surface area (Å²) in [6, 6.07) is 0. The third-order valence-corrected chi connectivity index (χ3v) is 1.72. The van der Waals surface area contributed by atoms with Gasteiger partial charge in [0.25, 0.3) is 0 Å². The predicted molar refractivity (Wildman–Crippen MR) is 47.3 cm³/mol. The van der Waals surface area contributed by atoms with Crippen molar-refractivity contribution >= 4 is 16.9 Å². The molecule has 0 aliphatic carbocycles. The molecule has 0 saturated carbocycles. The van der Waals surface area contributed by atoms with Crippen LogP contribution in [0.3, 0.4) is 0 Å². The first-order valence-corrected chi connectivity index (χ1v) is 4.16. The number of rotatable bonds is 3. The van der Waals surface area contributed by atoms with E-state index in [0.29, 0.717) is 0 Å². The lowest BCUT2D eigenvalue weighted by molar-refractivity contribution is 0.506. The summed E-state index contributed by atoms with van der Waals surface area (Å²) in [6.45, 7) is 3.93. The fourth-order valence-corrected chi connectivity index (χ4v) is 1.27. The van der Waals surface area contributed by atoms with E-state index in [1.54, 1.807) is 0 Å². The van der Waals surface area contributed by atoms with Gasteiger partial charge in [-0.2, -0.15) is 0 Å². The highest BCUT2D eigenvalue weighted by Gasteiger charge is 2.09. The van der Waals surface area contributed by atoms with Crippen LogP contribution in [0.5, 0.6) is 0 Å². The summed E-state index contributed by atoms with van der Waals surface area (Å²) in [5.41, 5.74) is 10.7. The first kappa shape index (κ1) is 9.78. The first-order chi connectivity index (χ1) is 4.42. The van der Waals surface area contributed by atoms with Crippen molar-refractivity contribution in [3.8, 4) is 0 Å². The van der Waals surface area contributed by atoms with Crippen molar-refractivity contribution in [2.75, 3.05) is 5.75 Å². The number of nitrogens with one attached hydrogen (secondary N) is 1. The zero-order valence-electron chi connectivity index (χ0n) is 6.48. The Morgan fingerprint density at radius 3 is 2.40 bits per heavy atom.